The molecule has 0 aliphatic rings. The largest absolute Gasteiger partial charge is 0.507 e. The predicted molar refractivity (Wildman–Crippen MR) is 110 cm³/mol. The van der Waals surface area contributed by atoms with Gasteiger partial charge in [-0.25, -0.2) is 15.0 Å². The van der Waals surface area contributed by atoms with Crippen molar-refractivity contribution in [3.63, 3.8) is 0 Å². The summed E-state index contributed by atoms with van der Waals surface area (Å²) in [5, 5.41) is 10.3. The number of carbonyl (C=O) groups is 1. The van der Waals surface area contributed by atoms with Crippen molar-refractivity contribution in [2.75, 3.05) is 0 Å². The number of rotatable bonds is 6. The van der Waals surface area contributed by atoms with Crippen LogP contribution in [0, 0.1) is 0 Å². The number of aldehydes is 1. The molecular formula is C22H18N4O2. The third-order valence-electron chi connectivity index (χ3n) is 3.91. The molecule has 3 rings (SSSR count). The van der Waals surface area contributed by atoms with Gasteiger partial charge < -0.3 is 5.11 Å². The summed E-state index contributed by atoms with van der Waals surface area (Å²) >= 11 is 0. The van der Waals surface area contributed by atoms with Gasteiger partial charge in [0.2, 0.25) is 0 Å². The number of phenols is 1. The van der Waals surface area contributed by atoms with Gasteiger partial charge in [0.1, 0.15) is 17.7 Å². The molecule has 6 nitrogen and oxygen atoms in total. The van der Waals surface area contributed by atoms with Crippen LogP contribution in [0.15, 0.2) is 71.8 Å². The average molecular weight is 370 g/mol. The molecule has 1 aromatic heterocycles. The van der Waals surface area contributed by atoms with E-state index in [0.29, 0.717) is 34.8 Å². The van der Waals surface area contributed by atoms with Gasteiger partial charge in [-0.3, -0.25) is 9.79 Å². The lowest BCUT2D eigenvalue weighted by atomic mass is 10.1. The van der Waals surface area contributed by atoms with Crippen molar-refractivity contribution >= 4 is 18.7 Å². The highest BCUT2D eigenvalue weighted by Gasteiger charge is 2.15. The van der Waals surface area contributed by atoms with Gasteiger partial charge in [0.25, 0.3) is 0 Å². The fourth-order valence-electron chi connectivity index (χ4n) is 2.52. The lowest BCUT2D eigenvalue weighted by Gasteiger charge is -2.09. The summed E-state index contributed by atoms with van der Waals surface area (Å²) in [4.78, 5) is 28.4. The standard InChI is InChI=1S/C22H18N4O2/c1-3-4-10-18(23-2)22-25-20(16-8-6-5-7-9-16)24-21(26-22)17-12-11-15(14-27)13-19(17)28/h3-14,28H,2H2,1H3/b4-3-,18-10-. The summed E-state index contributed by atoms with van der Waals surface area (Å²) in [6, 6.07) is 14.0. The van der Waals surface area contributed by atoms with E-state index in [-0.39, 0.29) is 11.6 Å². The summed E-state index contributed by atoms with van der Waals surface area (Å²) in [5.41, 5.74) is 2.02. The maximum Gasteiger partial charge on any atom is 0.182 e. The molecule has 138 valence electrons. The molecule has 2 aromatic carbocycles. The number of hydrogen-bond acceptors (Lipinski definition) is 6. The van der Waals surface area contributed by atoms with E-state index in [1.807, 2.05) is 49.4 Å². The summed E-state index contributed by atoms with van der Waals surface area (Å²) in [5.74, 6) is 0.949. The first-order chi connectivity index (χ1) is 13.7. The summed E-state index contributed by atoms with van der Waals surface area (Å²) < 4.78 is 0. The van der Waals surface area contributed by atoms with E-state index in [9.17, 15) is 9.90 Å². The van der Waals surface area contributed by atoms with Gasteiger partial charge in [0, 0.05) is 11.1 Å². The van der Waals surface area contributed by atoms with Crippen LogP contribution in [0.4, 0.5) is 0 Å². The first kappa shape index (κ1) is 18.8. The van der Waals surface area contributed by atoms with Crippen LogP contribution in [0.5, 0.6) is 5.75 Å². The van der Waals surface area contributed by atoms with E-state index in [1.165, 1.54) is 6.07 Å². The van der Waals surface area contributed by atoms with Crippen molar-refractivity contribution < 1.29 is 9.90 Å². The van der Waals surface area contributed by atoms with Crippen LogP contribution in [0.1, 0.15) is 23.1 Å². The molecular weight excluding hydrogens is 352 g/mol. The number of aliphatic imine (C=N–C) groups is 1. The summed E-state index contributed by atoms with van der Waals surface area (Å²) in [6.45, 7) is 5.48. The minimum Gasteiger partial charge on any atom is -0.507 e. The van der Waals surface area contributed by atoms with Crippen molar-refractivity contribution in [2.45, 2.75) is 6.92 Å². The van der Waals surface area contributed by atoms with Gasteiger partial charge in [0.15, 0.2) is 17.5 Å². The van der Waals surface area contributed by atoms with Crippen molar-refractivity contribution in [1.82, 2.24) is 15.0 Å². The quantitative estimate of drug-likeness (QED) is 0.396. The van der Waals surface area contributed by atoms with Crippen molar-refractivity contribution in [1.29, 1.82) is 0 Å². The zero-order valence-electron chi connectivity index (χ0n) is 15.3. The minimum absolute atomic E-state index is 0.0914. The van der Waals surface area contributed by atoms with E-state index in [1.54, 1.807) is 18.2 Å². The Hall–Kier alpha value is -3.93. The second-order valence-corrected chi connectivity index (χ2v) is 5.80. The fourth-order valence-corrected chi connectivity index (χ4v) is 2.52. The maximum atomic E-state index is 10.9. The number of aromatic hydroxyl groups is 1. The molecule has 0 atom stereocenters. The summed E-state index contributed by atoms with van der Waals surface area (Å²) in [7, 11) is 0. The number of phenolic OH excluding ortho intramolecular Hbond substituents is 1. The number of hydrogen-bond donors (Lipinski definition) is 1. The maximum absolute atomic E-state index is 10.9. The molecule has 0 bridgehead atoms. The Labute approximate surface area is 162 Å². The molecule has 3 aromatic rings. The Morgan fingerprint density at radius 1 is 1.07 bits per heavy atom. The molecule has 1 N–H and O–H groups in total. The van der Waals surface area contributed by atoms with Crippen molar-refractivity contribution in [2.24, 2.45) is 4.99 Å². The van der Waals surface area contributed by atoms with Crippen LogP contribution >= 0.6 is 0 Å². The smallest absolute Gasteiger partial charge is 0.182 e. The molecule has 0 aliphatic carbocycles. The Bertz CT molecular complexity index is 1070. The lowest BCUT2D eigenvalue weighted by Crippen LogP contribution is -2.02. The van der Waals surface area contributed by atoms with Gasteiger partial charge in [-0.1, -0.05) is 48.6 Å². The highest BCUT2D eigenvalue weighted by atomic mass is 16.3. The first-order valence-electron chi connectivity index (χ1n) is 8.56. The number of benzene rings is 2. The van der Waals surface area contributed by atoms with E-state index in [0.717, 1.165) is 5.56 Å². The third kappa shape index (κ3) is 4.07. The van der Waals surface area contributed by atoms with E-state index >= 15 is 0 Å². The van der Waals surface area contributed by atoms with Crippen LogP contribution in [-0.2, 0) is 0 Å². The number of allylic oxidation sites excluding steroid dienone is 3. The minimum atomic E-state index is -0.0914. The second-order valence-electron chi connectivity index (χ2n) is 5.80. The van der Waals surface area contributed by atoms with Crippen LogP contribution in [0.2, 0.25) is 0 Å². The van der Waals surface area contributed by atoms with E-state index in [4.69, 9.17) is 0 Å². The van der Waals surface area contributed by atoms with Crippen LogP contribution in [0.25, 0.3) is 28.5 Å². The predicted octanol–water partition coefficient (Wildman–Crippen LogP) is 4.34. The molecule has 0 amide bonds. The van der Waals surface area contributed by atoms with Crippen LogP contribution < -0.4 is 0 Å². The Morgan fingerprint density at radius 3 is 2.46 bits per heavy atom. The molecule has 0 unspecified atom stereocenters. The molecule has 0 radical (unpaired) electrons. The Balaban J connectivity index is 2.23. The zero-order chi connectivity index (χ0) is 19.9. The van der Waals surface area contributed by atoms with Gasteiger partial charge in [-0.05, 0) is 31.9 Å². The SMILES string of the molecule is C=N/C(=C\C=C/C)c1nc(-c2ccccc2)nc(-c2ccc(C=O)cc2O)n1. The zero-order valence-corrected chi connectivity index (χ0v) is 15.3. The van der Waals surface area contributed by atoms with Gasteiger partial charge in [-0.15, -0.1) is 0 Å². The van der Waals surface area contributed by atoms with E-state index < -0.39 is 0 Å². The van der Waals surface area contributed by atoms with E-state index in [2.05, 4.69) is 26.7 Å². The number of aromatic nitrogens is 3. The monoisotopic (exact) mass is 370 g/mol. The highest BCUT2D eigenvalue weighted by Crippen LogP contribution is 2.29. The molecule has 6 heteroatoms. The summed E-state index contributed by atoms with van der Waals surface area (Å²) in [6.07, 6.45) is 6.08. The number of carbonyl (C=O) groups excluding carboxylic acids is 1. The van der Waals surface area contributed by atoms with Crippen molar-refractivity contribution in [3.8, 4) is 28.5 Å². The lowest BCUT2D eigenvalue weighted by molar-refractivity contribution is 0.112. The molecule has 0 saturated carbocycles. The topological polar surface area (TPSA) is 88.3 Å². The highest BCUT2D eigenvalue weighted by molar-refractivity contribution is 5.79. The second kappa shape index (κ2) is 8.64. The molecule has 1 heterocycles. The van der Waals surface area contributed by atoms with Crippen LogP contribution in [0.3, 0.4) is 0 Å². The normalized spacial score (nSPS) is 11.5. The number of nitrogens with zero attached hydrogens (tertiary/aromatic N) is 4. The first-order valence-corrected chi connectivity index (χ1v) is 8.56. The Kier molecular flexibility index (Phi) is 5.81. The molecule has 0 saturated heterocycles. The van der Waals surface area contributed by atoms with Gasteiger partial charge in [0.05, 0.1) is 5.56 Å². The molecule has 28 heavy (non-hydrogen) atoms. The van der Waals surface area contributed by atoms with Crippen molar-refractivity contribution in [3.05, 3.63) is 78.1 Å². The van der Waals surface area contributed by atoms with Gasteiger partial charge >= 0.3 is 0 Å². The third-order valence-corrected chi connectivity index (χ3v) is 3.91. The molecule has 0 fully saturated rings. The Morgan fingerprint density at radius 2 is 1.82 bits per heavy atom. The molecule has 0 spiro atoms. The molecule has 0 aliphatic heterocycles. The van der Waals surface area contributed by atoms with Gasteiger partial charge in [-0.2, -0.15) is 0 Å². The average Bonchev–Trinajstić information content (AvgIpc) is 2.74. The fraction of sp³-hybridized carbons (Fsp3) is 0.0455. The van der Waals surface area contributed by atoms with Crippen LogP contribution in [-0.4, -0.2) is 33.1 Å².